The Bertz CT molecular complexity index is 773. The summed E-state index contributed by atoms with van der Waals surface area (Å²) in [5.74, 6) is 0.513. The average molecular weight is 291 g/mol. The topological polar surface area (TPSA) is 101 Å². The third-order valence-electron chi connectivity index (χ3n) is 2.85. The first-order chi connectivity index (χ1) is 9.44. The van der Waals surface area contributed by atoms with E-state index < -0.39 is 10.0 Å². The molecule has 0 bridgehead atoms. The molecule has 1 aromatic heterocycles. The zero-order chi connectivity index (χ0) is 14.8. The van der Waals surface area contributed by atoms with Gasteiger partial charge in [0.25, 0.3) is 0 Å². The molecule has 1 heterocycles. The second-order valence-corrected chi connectivity index (χ2v) is 6.04. The average Bonchev–Trinajstić information content (AvgIpc) is 2.82. The Kier molecular flexibility index (Phi) is 3.83. The van der Waals surface area contributed by atoms with Crippen LogP contribution in [0.3, 0.4) is 0 Å². The van der Waals surface area contributed by atoms with Crippen LogP contribution >= 0.6 is 0 Å². The molecule has 0 fully saturated rings. The molecule has 1 aromatic carbocycles. The molecule has 0 radical (unpaired) electrons. The first-order valence-corrected chi connectivity index (χ1v) is 7.25. The van der Waals surface area contributed by atoms with E-state index in [1.165, 1.54) is 24.5 Å². The Morgan fingerprint density at radius 2 is 2.20 bits per heavy atom. The summed E-state index contributed by atoms with van der Waals surface area (Å²) in [6, 6.07) is 6.37. The number of aryl methyl sites for hydroxylation is 2. The number of sulfonamides is 1. The van der Waals surface area contributed by atoms with Gasteiger partial charge in [0.1, 0.15) is 12.2 Å². The van der Waals surface area contributed by atoms with E-state index in [1.807, 2.05) is 6.07 Å². The van der Waals surface area contributed by atoms with E-state index in [0.717, 1.165) is 0 Å². The maximum absolute atomic E-state index is 12.1. The highest BCUT2D eigenvalue weighted by molar-refractivity contribution is 7.89. The smallest absolute Gasteiger partial charge is 0.240 e. The van der Waals surface area contributed by atoms with Gasteiger partial charge in [0.15, 0.2) is 0 Å². The maximum atomic E-state index is 12.1. The van der Waals surface area contributed by atoms with Crippen molar-refractivity contribution in [2.24, 2.45) is 7.05 Å². The summed E-state index contributed by atoms with van der Waals surface area (Å²) in [6.45, 7) is 1.75. The van der Waals surface area contributed by atoms with Crippen LogP contribution in [0.25, 0.3) is 0 Å². The van der Waals surface area contributed by atoms with Gasteiger partial charge in [-0.1, -0.05) is 0 Å². The molecular weight excluding hydrogens is 278 g/mol. The van der Waals surface area contributed by atoms with E-state index in [4.69, 9.17) is 5.26 Å². The summed E-state index contributed by atoms with van der Waals surface area (Å²) in [7, 11) is -1.91. The molecule has 0 aliphatic carbocycles. The minimum absolute atomic E-state index is 0.0535. The standard InChI is InChI=1S/C12H13N5O2S/c1-9-5-11(4-3-10(9)6-13)20(18,19)15-7-12-16-14-8-17(12)2/h3-5,8,15H,7H2,1-2H3. The van der Waals surface area contributed by atoms with Crippen LogP contribution in [-0.4, -0.2) is 23.2 Å². The molecule has 2 aromatic rings. The molecule has 0 amide bonds. The van der Waals surface area contributed by atoms with Crippen molar-refractivity contribution >= 4 is 10.0 Å². The van der Waals surface area contributed by atoms with Gasteiger partial charge in [-0.3, -0.25) is 0 Å². The molecule has 7 nitrogen and oxygen atoms in total. The predicted molar refractivity (Wildman–Crippen MR) is 70.9 cm³/mol. The molecule has 0 aliphatic heterocycles. The molecule has 0 unspecified atom stereocenters. The van der Waals surface area contributed by atoms with Crippen molar-refractivity contribution in [2.45, 2.75) is 18.4 Å². The number of nitrogens with zero attached hydrogens (tertiary/aromatic N) is 4. The van der Waals surface area contributed by atoms with Crippen molar-refractivity contribution in [1.29, 1.82) is 5.26 Å². The predicted octanol–water partition coefficient (Wildman–Crippen LogP) is 0.474. The molecule has 0 aliphatic rings. The highest BCUT2D eigenvalue weighted by Crippen LogP contribution is 2.14. The molecule has 0 atom stereocenters. The van der Waals surface area contributed by atoms with Crippen molar-refractivity contribution in [1.82, 2.24) is 19.5 Å². The fourth-order valence-electron chi connectivity index (χ4n) is 1.64. The van der Waals surface area contributed by atoms with Gasteiger partial charge in [0.05, 0.1) is 23.1 Å². The minimum Gasteiger partial charge on any atom is -0.320 e. The molecule has 1 N–H and O–H groups in total. The molecule has 2 rings (SSSR count). The number of nitriles is 1. The van der Waals surface area contributed by atoms with Crippen LogP contribution in [0.15, 0.2) is 29.4 Å². The first kappa shape index (κ1) is 14.2. The fraction of sp³-hybridized carbons (Fsp3) is 0.250. The van der Waals surface area contributed by atoms with Gasteiger partial charge in [-0.2, -0.15) is 5.26 Å². The number of nitrogens with one attached hydrogen (secondary N) is 1. The number of hydrogen-bond acceptors (Lipinski definition) is 5. The van der Waals surface area contributed by atoms with E-state index in [0.29, 0.717) is 17.0 Å². The second kappa shape index (κ2) is 5.40. The second-order valence-electron chi connectivity index (χ2n) is 4.27. The lowest BCUT2D eigenvalue weighted by atomic mass is 10.1. The van der Waals surface area contributed by atoms with Gasteiger partial charge in [0.2, 0.25) is 10.0 Å². The lowest BCUT2D eigenvalue weighted by Crippen LogP contribution is -2.24. The van der Waals surface area contributed by atoms with Gasteiger partial charge < -0.3 is 4.57 Å². The molecule has 0 spiro atoms. The maximum Gasteiger partial charge on any atom is 0.240 e. The number of hydrogen-bond donors (Lipinski definition) is 1. The third kappa shape index (κ3) is 2.84. The molecule has 104 valence electrons. The van der Waals surface area contributed by atoms with Gasteiger partial charge in [0, 0.05) is 7.05 Å². The third-order valence-corrected chi connectivity index (χ3v) is 4.25. The molecule has 20 heavy (non-hydrogen) atoms. The van der Waals surface area contributed by atoms with E-state index in [2.05, 4.69) is 14.9 Å². The molecule has 0 saturated carbocycles. The zero-order valence-electron chi connectivity index (χ0n) is 11.0. The normalized spacial score (nSPS) is 11.2. The van der Waals surface area contributed by atoms with Crippen LogP contribution in [0.4, 0.5) is 0 Å². The Hall–Kier alpha value is -2.24. The lowest BCUT2D eigenvalue weighted by Gasteiger charge is -2.07. The van der Waals surface area contributed by atoms with Gasteiger partial charge >= 0.3 is 0 Å². The van der Waals surface area contributed by atoms with Gasteiger partial charge in [-0.05, 0) is 30.7 Å². The Labute approximate surface area is 116 Å². The van der Waals surface area contributed by atoms with Gasteiger partial charge in [-0.25, -0.2) is 13.1 Å². The molecule has 0 saturated heterocycles. The van der Waals surface area contributed by atoms with Crippen LogP contribution in [0, 0.1) is 18.3 Å². The highest BCUT2D eigenvalue weighted by atomic mass is 32.2. The van der Waals surface area contributed by atoms with Crippen LogP contribution in [0.2, 0.25) is 0 Å². The van der Waals surface area contributed by atoms with Crippen molar-refractivity contribution in [2.75, 3.05) is 0 Å². The Morgan fingerprint density at radius 1 is 1.45 bits per heavy atom. The summed E-state index contributed by atoms with van der Waals surface area (Å²) < 4.78 is 28.4. The summed E-state index contributed by atoms with van der Waals surface area (Å²) in [6.07, 6.45) is 1.50. The van der Waals surface area contributed by atoms with Gasteiger partial charge in [-0.15, -0.1) is 10.2 Å². The number of benzene rings is 1. The van der Waals surface area contributed by atoms with E-state index >= 15 is 0 Å². The summed E-state index contributed by atoms with van der Waals surface area (Å²) in [5.41, 5.74) is 1.08. The number of aromatic nitrogens is 3. The molecular formula is C12H13N5O2S. The van der Waals surface area contributed by atoms with Crippen molar-refractivity contribution in [3.8, 4) is 6.07 Å². The first-order valence-electron chi connectivity index (χ1n) is 5.77. The van der Waals surface area contributed by atoms with Crippen molar-refractivity contribution < 1.29 is 8.42 Å². The van der Waals surface area contributed by atoms with Crippen LogP contribution in [0.1, 0.15) is 17.0 Å². The van der Waals surface area contributed by atoms with Crippen molar-refractivity contribution in [3.63, 3.8) is 0 Å². The van der Waals surface area contributed by atoms with Crippen LogP contribution in [-0.2, 0) is 23.6 Å². The summed E-state index contributed by atoms with van der Waals surface area (Å²) >= 11 is 0. The summed E-state index contributed by atoms with van der Waals surface area (Å²) in [5, 5.41) is 16.3. The van der Waals surface area contributed by atoms with E-state index in [1.54, 1.807) is 18.5 Å². The zero-order valence-corrected chi connectivity index (χ0v) is 11.8. The van der Waals surface area contributed by atoms with E-state index in [-0.39, 0.29) is 11.4 Å². The van der Waals surface area contributed by atoms with Crippen molar-refractivity contribution in [3.05, 3.63) is 41.5 Å². The van der Waals surface area contributed by atoms with E-state index in [9.17, 15) is 8.42 Å². The SMILES string of the molecule is Cc1cc(S(=O)(=O)NCc2nncn2C)ccc1C#N. The quantitative estimate of drug-likeness (QED) is 0.882. The summed E-state index contributed by atoms with van der Waals surface area (Å²) in [4.78, 5) is 0.121. The van der Waals surface area contributed by atoms with Crippen LogP contribution < -0.4 is 4.72 Å². The molecule has 8 heteroatoms. The minimum atomic E-state index is -3.64. The monoisotopic (exact) mass is 291 g/mol. The number of rotatable bonds is 4. The lowest BCUT2D eigenvalue weighted by molar-refractivity contribution is 0.577. The fourth-order valence-corrected chi connectivity index (χ4v) is 2.70. The Balaban J connectivity index is 2.21. The highest BCUT2D eigenvalue weighted by Gasteiger charge is 2.16. The Morgan fingerprint density at radius 3 is 2.75 bits per heavy atom. The van der Waals surface area contributed by atoms with Crippen LogP contribution in [0.5, 0.6) is 0 Å². The largest absolute Gasteiger partial charge is 0.320 e.